The van der Waals surface area contributed by atoms with Crippen LogP contribution in [-0.2, 0) is 30.4 Å². The largest absolute Gasteiger partial charge is 0.490 e. The van der Waals surface area contributed by atoms with E-state index in [0.717, 1.165) is 5.56 Å². The van der Waals surface area contributed by atoms with E-state index in [0.29, 0.717) is 19.1 Å². The van der Waals surface area contributed by atoms with E-state index in [1.54, 1.807) is 0 Å². The molecule has 0 bridgehead atoms. The minimum absolute atomic E-state index is 0.189. The van der Waals surface area contributed by atoms with Crippen LogP contribution >= 0.6 is 0 Å². The van der Waals surface area contributed by atoms with E-state index in [4.69, 9.17) is 9.90 Å². The van der Waals surface area contributed by atoms with Crippen molar-refractivity contribution in [1.82, 2.24) is 16.0 Å². The van der Waals surface area contributed by atoms with Crippen molar-refractivity contribution in [3.8, 4) is 0 Å². The molecule has 0 unspecified atom stereocenters. The summed E-state index contributed by atoms with van der Waals surface area (Å²) in [4.78, 5) is 57.3. The van der Waals surface area contributed by atoms with Gasteiger partial charge in [-0.2, -0.15) is 13.2 Å². The summed E-state index contributed by atoms with van der Waals surface area (Å²) in [5.74, 6) is -3.90. The van der Waals surface area contributed by atoms with Gasteiger partial charge < -0.3 is 25.9 Å². The normalized spacial score (nSPS) is 13.5. The molecule has 0 heterocycles. The second-order valence-corrected chi connectivity index (χ2v) is 8.86. The smallest absolute Gasteiger partial charge is 0.475 e. The molecule has 0 aliphatic carbocycles. The molecule has 0 aliphatic heterocycles. The van der Waals surface area contributed by atoms with Crippen LogP contribution < -0.4 is 16.0 Å². The number of hydrogen-bond donors (Lipinski definition) is 4. The average molecular weight is 518 g/mol. The molecule has 1 rings (SSSR count). The van der Waals surface area contributed by atoms with Crippen molar-refractivity contribution in [2.75, 3.05) is 0 Å². The zero-order chi connectivity index (χ0) is 28.1. The van der Waals surface area contributed by atoms with Crippen LogP contribution in [0, 0.1) is 11.8 Å². The first-order valence-electron chi connectivity index (χ1n) is 11.3. The summed E-state index contributed by atoms with van der Waals surface area (Å²) in [5.41, 5.74) is 0.928. The van der Waals surface area contributed by atoms with Crippen LogP contribution in [0.1, 0.15) is 46.6 Å². The molecule has 202 valence electrons. The number of nitrogens with one attached hydrogen (secondary N) is 3. The number of halogens is 3. The molecule has 9 nitrogen and oxygen atoms in total. The molecule has 0 saturated heterocycles. The van der Waals surface area contributed by atoms with Gasteiger partial charge in [0.1, 0.15) is 18.4 Å². The average Bonchev–Trinajstić information content (AvgIpc) is 2.75. The summed E-state index contributed by atoms with van der Waals surface area (Å²) in [6, 6.07) is 7.16. The van der Waals surface area contributed by atoms with Crippen LogP contribution in [0.5, 0.6) is 0 Å². The highest BCUT2D eigenvalue weighted by Gasteiger charge is 2.38. The fourth-order valence-corrected chi connectivity index (χ4v) is 3.01. The van der Waals surface area contributed by atoms with Crippen molar-refractivity contribution in [3.63, 3.8) is 0 Å². The Balaban J connectivity index is 0.00000152. The molecule has 0 radical (unpaired) electrons. The minimum Gasteiger partial charge on any atom is -0.475 e. The van der Waals surface area contributed by atoms with Gasteiger partial charge in [-0.25, -0.2) is 4.79 Å². The van der Waals surface area contributed by atoms with Crippen LogP contribution in [0.25, 0.3) is 0 Å². The number of benzene rings is 1. The fourth-order valence-electron chi connectivity index (χ4n) is 3.01. The Hall–Kier alpha value is -3.44. The van der Waals surface area contributed by atoms with Crippen LogP contribution in [-0.4, -0.2) is 59.4 Å². The lowest BCUT2D eigenvalue weighted by atomic mass is 9.99. The lowest BCUT2D eigenvalue weighted by Crippen LogP contribution is -2.57. The van der Waals surface area contributed by atoms with Gasteiger partial charge in [-0.3, -0.25) is 14.4 Å². The molecule has 1 aromatic rings. The molecule has 0 saturated carbocycles. The SMILES string of the molecule is CC(=O)N[C@@H](CC(C)C)C(=O)N[C@H](C(=O)N[C@H](C=O)Cc1ccccc1)C(C)C.O=C(O)C(F)(F)F. The Morgan fingerprint density at radius 1 is 0.944 bits per heavy atom. The number of carbonyl (C=O) groups excluding carboxylic acids is 4. The highest BCUT2D eigenvalue weighted by atomic mass is 19.4. The van der Waals surface area contributed by atoms with E-state index in [1.807, 2.05) is 58.0 Å². The van der Waals surface area contributed by atoms with Crippen LogP contribution in [0.15, 0.2) is 30.3 Å². The number of hydrogen-bond acceptors (Lipinski definition) is 5. The third-order valence-corrected chi connectivity index (χ3v) is 4.68. The standard InChI is InChI=1S/C22H33N3O4.C2HF3O2/c1-14(2)11-19(23-16(5)27)21(28)25-20(15(3)4)22(29)24-18(13-26)12-17-9-7-6-8-10-17;3-2(4,5)1(6)7/h6-10,13-15,18-20H,11-12H2,1-5H3,(H,23,27)(H,24,29)(H,25,28);(H,6,7)/t18-,19-,20-;/m0./s1. The quantitative estimate of drug-likeness (QED) is 0.332. The first-order valence-corrected chi connectivity index (χ1v) is 11.3. The molecule has 36 heavy (non-hydrogen) atoms. The van der Waals surface area contributed by atoms with Crippen molar-refractivity contribution < 1.29 is 42.3 Å². The maximum atomic E-state index is 12.8. The van der Waals surface area contributed by atoms with Gasteiger partial charge in [0.05, 0.1) is 6.04 Å². The monoisotopic (exact) mass is 517 g/mol. The number of alkyl halides is 3. The van der Waals surface area contributed by atoms with Gasteiger partial charge in [0.25, 0.3) is 0 Å². The van der Waals surface area contributed by atoms with E-state index in [9.17, 15) is 32.3 Å². The second kappa shape index (κ2) is 15.5. The molecule has 3 atom stereocenters. The minimum atomic E-state index is -5.08. The Morgan fingerprint density at radius 2 is 1.47 bits per heavy atom. The first-order chi connectivity index (χ1) is 16.6. The van der Waals surface area contributed by atoms with Crippen LogP contribution in [0.2, 0.25) is 0 Å². The summed E-state index contributed by atoms with van der Waals surface area (Å²) in [6.07, 6.45) is -3.55. The van der Waals surface area contributed by atoms with E-state index < -0.39 is 42.1 Å². The van der Waals surface area contributed by atoms with Gasteiger partial charge >= 0.3 is 12.1 Å². The summed E-state index contributed by atoms with van der Waals surface area (Å²) in [5, 5.41) is 15.2. The van der Waals surface area contributed by atoms with Gasteiger partial charge in [-0.05, 0) is 30.2 Å². The zero-order valence-electron chi connectivity index (χ0n) is 20.9. The van der Waals surface area contributed by atoms with Crippen molar-refractivity contribution in [1.29, 1.82) is 0 Å². The van der Waals surface area contributed by atoms with E-state index in [-0.39, 0.29) is 17.7 Å². The molecular weight excluding hydrogens is 483 g/mol. The van der Waals surface area contributed by atoms with E-state index in [2.05, 4.69) is 16.0 Å². The van der Waals surface area contributed by atoms with Crippen molar-refractivity contribution in [3.05, 3.63) is 35.9 Å². The number of amides is 3. The van der Waals surface area contributed by atoms with E-state index >= 15 is 0 Å². The third kappa shape index (κ3) is 13.4. The number of aliphatic carboxylic acids is 1. The second-order valence-electron chi connectivity index (χ2n) is 8.86. The number of aldehydes is 1. The van der Waals surface area contributed by atoms with Gasteiger partial charge in [-0.15, -0.1) is 0 Å². The van der Waals surface area contributed by atoms with E-state index in [1.165, 1.54) is 6.92 Å². The Bertz CT molecular complexity index is 876. The predicted molar refractivity (Wildman–Crippen MR) is 126 cm³/mol. The maximum Gasteiger partial charge on any atom is 0.490 e. The fraction of sp³-hybridized carbons (Fsp3) is 0.542. The summed E-state index contributed by atoms with van der Waals surface area (Å²) in [7, 11) is 0. The molecule has 12 heteroatoms. The highest BCUT2D eigenvalue weighted by Crippen LogP contribution is 2.13. The maximum absolute atomic E-state index is 12.8. The zero-order valence-corrected chi connectivity index (χ0v) is 20.9. The highest BCUT2D eigenvalue weighted by molar-refractivity contribution is 5.92. The van der Waals surface area contributed by atoms with Gasteiger partial charge in [0.15, 0.2) is 0 Å². The first kappa shape index (κ1) is 32.6. The lowest BCUT2D eigenvalue weighted by molar-refractivity contribution is -0.192. The third-order valence-electron chi connectivity index (χ3n) is 4.68. The lowest BCUT2D eigenvalue weighted by Gasteiger charge is -2.26. The van der Waals surface area contributed by atoms with Crippen molar-refractivity contribution in [2.24, 2.45) is 11.8 Å². The molecular formula is C24H34F3N3O6. The molecule has 0 aromatic heterocycles. The Labute approximate surface area is 208 Å². The van der Waals surface area contributed by atoms with Crippen LogP contribution in [0.3, 0.4) is 0 Å². The van der Waals surface area contributed by atoms with Gasteiger partial charge in [-0.1, -0.05) is 58.0 Å². The summed E-state index contributed by atoms with van der Waals surface area (Å²) < 4.78 is 31.7. The summed E-state index contributed by atoms with van der Waals surface area (Å²) >= 11 is 0. The van der Waals surface area contributed by atoms with Gasteiger partial charge in [0.2, 0.25) is 17.7 Å². The number of carbonyl (C=O) groups is 5. The number of carboxylic acids is 1. The Kier molecular flexibility index (Phi) is 14.0. The topological polar surface area (TPSA) is 142 Å². The van der Waals surface area contributed by atoms with Crippen molar-refractivity contribution in [2.45, 2.75) is 71.8 Å². The Morgan fingerprint density at radius 3 is 1.86 bits per heavy atom. The van der Waals surface area contributed by atoms with Crippen LogP contribution in [0.4, 0.5) is 13.2 Å². The molecule has 0 aliphatic rings. The number of carboxylic acid groups (broad SMARTS) is 1. The molecule has 3 amide bonds. The van der Waals surface area contributed by atoms with Gasteiger partial charge in [0, 0.05) is 6.92 Å². The summed E-state index contributed by atoms with van der Waals surface area (Å²) in [6.45, 7) is 8.88. The molecule has 0 fully saturated rings. The van der Waals surface area contributed by atoms with Crippen molar-refractivity contribution >= 4 is 30.0 Å². The predicted octanol–water partition coefficient (Wildman–Crippen LogP) is 2.24. The molecule has 1 aromatic carbocycles. The molecule has 0 spiro atoms. The number of rotatable bonds is 11. The molecule has 4 N–H and O–H groups in total.